The van der Waals surface area contributed by atoms with E-state index in [1.165, 1.54) is 59.8 Å². The van der Waals surface area contributed by atoms with Crippen LogP contribution in [0.2, 0.25) is 0 Å². The van der Waals surface area contributed by atoms with Crippen LogP contribution in [0.15, 0.2) is 125 Å². The molecule has 0 amide bonds. The zero-order chi connectivity index (χ0) is 30.4. The zero-order valence-corrected chi connectivity index (χ0v) is 26.0. The molecule has 0 bridgehead atoms. The number of benzene rings is 7. The van der Waals surface area contributed by atoms with E-state index in [1.807, 2.05) is 6.07 Å². The summed E-state index contributed by atoms with van der Waals surface area (Å²) >= 11 is 0. The van der Waals surface area contributed by atoms with Crippen LogP contribution in [0, 0.1) is 0 Å². The molecular formula is C44H32O. The third kappa shape index (κ3) is 3.95. The Morgan fingerprint density at radius 3 is 2.09 bits per heavy atom. The lowest BCUT2D eigenvalue weighted by Gasteiger charge is -2.23. The Balaban J connectivity index is 1.45. The molecule has 0 unspecified atom stereocenters. The normalized spacial score (nSPS) is 13.6. The summed E-state index contributed by atoms with van der Waals surface area (Å²) in [5.41, 5.74) is 12.7. The largest absolute Gasteiger partial charge is 0.455 e. The quantitative estimate of drug-likeness (QED) is 0.187. The Morgan fingerprint density at radius 2 is 1.29 bits per heavy atom. The molecule has 0 aliphatic heterocycles. The Morgan fingerprint density at radius 1 is 0.578 bits per heavy atom. The zero-order valence-electron chi connectivity index (χ0n) is 26.0. The van der Waals surface area contributed by atoms with Crippen LogP contribution in [0.25, 0.3) is 82.8 Å². The highest BCUT2D eigenvalue weighted by atomic mass is 16.3. The monoisotopic (exact) mass is 576 g/mol. The van der Waals surface area contributed by atoms with Crippen molar-refractivity contribution in [2.75, 3.05) is 0 Å². The van der Waals surface area contributed by atoms with Gasteiger partial charge < -0.3 is 4.42 Å². The molecule has 0 fully saturated rings. The fraction of sp³-hybridized carbons (Fsp3) is 0.114. The van der Waals surface area contributed by atoms with Crippen molar-refractivity contribution in [3.05, 3.63) is 142 Å². The third-order valence-electron chi connectivity index (χ3n) is 9.56. The molecule has 9 rings (SSSR count). The molecule has 0 N–H and O–H groups in total. The van der Waals surface area contributed by atoms with Gasteiger partial charge in [-0.3, -0.25) is 0 Å². The molecule has 45 heavy (non-hydrogen) atoms. The number of para-hydroxylation sites is 2. The van der Waals surface area contributed by atoms with E-state index in [2.05, 4.69) is 149 Å². The number of furan rings is 1. The lowest BCUT2D eigenvalue weighted by Crippen LogP contribution is -2.22. The first kappa shape index (κ1) is 26.1. The van der Waals surface area contributed by atoms with E-state index >= 15 is 0 Å². The van der Waals surface area contributed by atoms with Gasteiger partial charge in [0.05, 0.1) is 0 Å². The van der Waals surface area contributed by atoms with E-state index in [-0.39, 0.29) is 5.41 Å². The Bertz CT molecular complexity index is 2700. The number of hydrogen-bond donors (Lipinski definition) is 0. The van der Waals surface area contributed by atoms with Crippen molar-refractivity contribution in [1.82, 2.24) is 0 Å². The molecule has 1 heteroatoms. The third-order valence-corrected chi connectivity index (χ3v) is 9.56. The fourth-order valence-corrected chi connectivity index (χ4v) is 7.35. The van der Waals surface area contributed by atoms with Gasteiger partial charge in [0.2, 0.25) is 0 Å². The van der Waals surface area contributed by atoms with E-state index in [1.54, 1.807) is 0 Å². The standard InChI is InChI=1S/C44H32O/c1-26-20-27-10-5-6-11-28(27)22-31(21-26)38-25-39(37-14-9-13-36-33-12-7-8-15-40(33)45-43(36)37)35-19-17-30-24-32(44(2,3)4)23-29-16-18-34(38)42(35)41(29)30/h5-19,21-25H,1-4H3. The van der Waals surface area contributed by atoms with Crippen molar-refractivity contribution in [1.29, 1.82) is 0 Å². The summed E-state index contributed by atoms with van der Waals surface area (Å²) in [7, 11) is 0. The number of hydrogen-bond acceptors (Lipinski definition) is 1. The molecule has 1 aliphatic rings. The lowest BCUT2D eigenvalue weighted by molar-refractivity contribution is 0.591. The average Bonchev–Trinajstić information content (AvgIpc) is 3.33. The first-order chi connectivity index (χ1) is 21.8. The summed E-state index contributed by atoms with van der Waals surface area (Å²) in [5, 5.41) is 12.3. The lowest BCUT2D eigenvalue weighted by atomic mass is 9.81. The summed E-state index contributed by atoms with van der Waals surface area (Å²) in [4.78, 5) is 0. The summed E-state index contributed by atoms with van der Waals surface area (Å²) in [6.07, 6.45) is 4.61. The molecule has 1 nitrogen and oxygen atoms in total. The first-order valence-corrected chi connectivity index (χ1v) is 15.8. The maximum Gasteiger partial charge on any atom is 0.143 e. The van der Waals surface area contributed by atoms with E-state index in [0.29, 0.717) is 0 Å². The van der Waals surface area contributed by atoms with Crippen LogP contribution in [0.4, 0.5) is 0 Å². The Hall–Kier alpha value is -5.36. The Labute approximate surface area is 262 Å². The van der Waals surface area contributed by atoms with Crippen LogP contribution in [0.3, 0.4) is 0 Å². The van der Waals surface area contributed by atoms with E-state index in [0.717, 1.165) is 38.3 Å². The highest BCUT2D eigenvalue weighted by molar-refractivity contribution is 6.29. The molecule has 0 saturated carbocycles. The topological polar surface area (TPSA) is 13.1 Å². The van der Waals surface area contributed by atoms with Gasteiger partial charge in [-0.1, -0.05) is 112 Å². The molecule has 214 valence electrons. The molecule has 1 heterocycles. The van der Waals surface area contributed by atoms with Gasteiger partial charge in [0.1, 0.15) is 11.2 Å². The van der Waals surface area contributed by atoms with Gasteiger partial charge in [-0.25, -0.2) is 0 Å². The minimum Gasteiger partial charge on any atom is -0.455 e. The molecule has 0 radical (unpaired) electrons. The smallest absolute Gasteiger partial charge is 0.143 e. The summed E-state index contributed by atoms with van der Waals surface area (Å²) in [6, 6.07) is 39.9. The first-order valence-electron chi connectivity index (χ1n) is 15.8. The minimum atomic E-state index is 0.0611. The van der Waals surface area contributed by atoms with E-state index in [9.17, 15) is 0 Å². The van der Waals surface area contributed by atoms with Gasteiger partial charge >= 0.3 is 0 Å². The molecule has 1 aliphatic carbocycles. The predicted octanol–water partition coefficient (Wildman–Crippen LogP) is 10.7. The van der Waals surface area contributed by atoms with Crippen molar-refractivity contribution >= 4 is 71.6 Å². The van der Waals surface area contributed by atoms with E-state index in [4.69, 9.17) is 4.42 Å². The average molecular weight is 577 g/mol. The van der Waals surface area contributed by atoms with Crippen LogP contribution >= 0.6 is 0 Å². The minimum absolute atomic E-state index is 0.0611. The van der Waals surface area contributed by atoms with Crippen LogP contribution in [-0.2, 0) is 5.41 Å². The maximum absolute atomic E-state index is 6.61. The second-order valence-corrected chi connectivity index (χ2v) is 13.5. The van der Waals surface area contributed by atoms with Crippen LogP contribution in [0.5, 0.6) is 0 Å². The molecule has 8 aromatic rings. The van der Waals surface area contributed by atoms with Crippen LogP contribution in [-0.4, -0.2) is 0 Å². The van der Waals surface area contributed by atoms with Gasteiger partial charge in [-0.05, 0) is 108 Å². The molecule has 1 aromatic heterocycles. The molecule has 0 saturated heterocycles. The van der Waals surface area contributed by atoms with Crippen molar-refractivity contribution < 1.29 is 4.42 Å². The summed E-state index contributed by atoms with van der Waals surface area (Å²) < 4.78 is 6.61. The SMILES string of the molecule is CC1=C=c2ccccc2=CC(c2cc(-c3cccc4c3oc3ccccc34)c3ccc4cc(C(C)(C)C)cc5ccc2c3c54)=C1. The molecule has 0 spiro atoms. The molecule has 7 aromatic carbocycles. The van der Waals surface area contributed by atoms with E-state index < -0.39 is 0 Å². The molecular weight excluding hydrogens is 544 g/mol. The van der Waals surface area contributed by atoms with Gasteiger partial charge in [0.25, 0.3) is 0 Å². The summed E-state index contributed by atoms with van der Waals surface area (Å²) in [6.45, 7) is 9.03. The second kappa shape index (κ2) is 9.32. The van der Waals surface area contributed by atoms with Crippen molar-refractivity contribution in [2.45, 2.75) is 33.1 Å². The maximum atomic E-state index is 6.61. The van der Waals surface area contributed by atoms with Crippen LogP contribution < -0.4 is 10.4 Å². The van der Waals surface area contributed by atoms with Gasteiger partial charge in [-0.15, -0.1) is 5.73 Å². The van der Waals surface area contributed by atoms with Gasteiger partial charge in [-0.2, -0.15) is 0 Å². The van der Waals surface area contributed by atoms with Crippen molar-refractivity contribution in [3.8, 4) is 11.1 Å². The van der Waals surface area contributed by atoms with Gasteiger partial charge in [0, 0.05) is 21.6 Å². The number of fused-ring (bicyclic) bond motifs is 4. The Kier molecular flexibility index (Phi) is 5.40. The number of rotatable bonds is 2. The van der Waals surface area contributed by atoms with Crippen molar-refractivity contribution in [2.24, 2.45) is 0 Å². The van der Waals surface area contributed by atoms with Crippen LogP contribution in [0.1, 0.15) is 38.8 Å². The van der Waals surface area contributed by atoms with Gasteiger partial charge in [0.15, 0.2) is 0 Å². The fourth-order valence-electron chi connectivity index (χ4n) is 7.35. The predicted molar refractivity (Wildman–Crippen MR) is 192 cm³/mol. The second-order valence-electron chi connectivity index (χ2n) is 13.5. The van der Waals surface area contributed by atoms with Crippen molar-refractivity contribution in [3.63, 3.8) is 0 Å². The summed E-state index contributed by atoms with van der Waals surface area (Å²) in [5.74, 6) is 0. The molecule has 0 atom stereocenters. The number of allylic oxidation sites excluding steroid dienone is 3. The highest BCUT2D eigenvalue weighted by Crippen LogP contribution is 2.46. The highest BCUT2D eigenvalue weighted by Gasteiger charge is 2.22.